The lowest BCUT2D eigenvalue weighted by Gasteiger charge is -2.02. The maximum absolute atomic E-state index is 8.86. The van der Waals surface area contributed by atoms with Crippen LogP contribution in [0.15, 0.2) is 12.4 Å². The largest absolute Gasteiger partial charge is 0.388 e. The lowest BCUT2D eigenvalue weighted by molar-refractivity contribution is 0.264. The van der Waals surface area contributed by atoms with E-state index in [1.165, 1.54) is 12.8 Å². The van der Waals surface area contributed by atoms with E-state index in [1.54, 1.807) is 6.20 Å². The summed E-state index contributed by atoms with van der Waals surface area (Å²) in [6.45, 7) is 1.09. The van der Waals surface area contributed by atoms with Crippen molar-refractivity contribution < 1.29 is 5.11 Å². The highest BCUT2D eigenvalue weighted by Gasteiger charge is 2.22. The van der Waals surface area contributed by atoms with E-state index in [-0.39, 0.29) is 6.61 Å². The summed E-state index contributed by atoms with van der Waals surface area (Å²) >= 11 is 0. The van der Waals surface area contributed by atoms with Crippen molar-refractivity contribution in [3.05, 3.63) is 18.2 Å². The predicted molar refractivity (Wildman–Crippen MR) is 40.9 cm³/mol. The van der Waals surface area contributed by atoms with E-state index in [2.05, 4.69) is 4.98 Å². The van der Waals surface area contributed by atoms with Gasteiger partial charge < -0.3 is 9.67 Å². The molecule has 0 amide bonds. The fraction of sp³-hybridized carbons (Fsp3) is 0.625. The zero-order chi connectivity index (χ0) is 7.68. The number of hydrogen-bond donors (Lipinski definition) is 1. The molecule has 0 saturated heterocycles. The zero-order valence-electron chi connectivity index (χ0n) is 6.40. The van der Waals surface area contributed by atoms with Gasteiger partial charge in [-0.3, -0.25) is 0 Å². The second-order valence-electron chi connectivity index (χ2n) is 3.10. The number of imidazole rings is 1. The summed E-state index contributed by atoms with van der Waals surface area (Å²) in [5.74, 6) is 1.63. The van der Waals surface area contributed by atoms with Crippen LogP contribution in [0.5, 0.6) is 0 Å². The minimum Gasteiger partial charge on any atom is -0.388 e. The third kappa shape index (κ3) is 1.43. The fourth-order valence-electron chi connectivity index (χ4n) is 1.24. The molecule has 1 aromatic rings. The van der Waals surface area contributed by atoms with Gasteiger partial charge in [0.05, 0.1) is 0 Å². The summed E-state index contributed by atoms with van der Waals surface area (Å²) in [5, 5.41) is 8.86. The SMILES string of the molecule is OCc1nccn1CC1CC1. The summed E-state index contributed by atoms with van der Waals surface area (Å²) < 4.78 is 2.04. The van der Waals surface area contributed by atoms with Gasteiger partial charge in [-0.05, 0) is 18.8 Å². The average molecular weight is 152 g/mol. The smallest absolute Gasteiger partial charge is 0.134 e. The third-order valence-corrected chi connectivity index (χ3v) is 2.09. The van der Waals surface area contributed by atoms with Gasteiger partial charge in [0.15, 0.2) is 0 Å². The van der Waals surface area contributed by atoms with E-state index >= 15 is 0 Å². The van der Waals surface area contributed by atoms with E-state index in [0.717, 1.165) is 18.3 Å². The van der Waals surface area contributed by atoms with Crippen LogP contribution in [0.2, 0.25) is 0 Å². The van der Waals surface area contributed by atoms with Gasteiger partial charge in [-0.1, -0.05) is 0 Å². The number of aliphatic hydroxyl groups excluding tert-OH is 1. The topological polar surface area (TPSA) is 38.1 Å². The predicted octanol–water partition coefficient (Wildman–Crippen LogP) is 0.785. The summed E-state index contributed by atoms with van der Waals surface area (Å²) in [7, 11) is 0. The molecule has 0 radical (unpaired) electrons. The van der Waals surface area contributed by atoms with Crippen LogP contribution in [-0.4, -0.2) is 14.7 Å². The van der Waals surface area contributed by atoms with Crippen LogP contribution in [0.1, 0.15) is 18.7 Å². The number of rotatable bonds is 3. The molecule has 1 heterocycles. The molecular formula is C8H12N2O. The van der Waals surface area contributed by atoms with Crippen molar-refractivity contribution in [2.45, 2.75) is 26.0 Å². The number of hydrogen-bond acceptors (Lipinski definition) is 2. The Morgan fingerprint density at radius 2 is 2.45 bits per heavy atom. The minimum absolute atomic E-state index is 0.0553. The van der Waals surface area contributed by atoms with Gasteiger partial charge in [0.1, 0.15) is 12.4 Å². The molecule has 1 aromatic heterocycles. The van der Waals surface area contributed by atoms with Gasteiger partial charge in [0.2, 0.25) is 0 Å². The van der Waals surface area contributed by atoms with E-state index in [9.17, 15) is 0 Å². The molecular weight excluding hydrogens is 140 g/mol. The van der Waals surface area contributed by atoms with Crippen molar-refractivity contribution in [3.8, 4) is 0 Å². The second-order valence-corrected chi connectivity index (χ2v) is 3.10. The molecule has 3 heteroatoms. The Hall–Kier alpha value is -0.830. The first-order valence-corrected chi connectivity index (χ1v) is 4.01. The normalized spacial score (nSPS) is 17.2. The van der Waals surface area contributed by atoms with Crippen molar-refractivity contribution in [1.82, 2.24) is 9.55 Å². The van der Waals surface area contributed by atoms with E-state index < -0.39 is 0 Å². The van der Waals surface area contributed by atoms with Crippen LogP contribution in [0.3, 0.4) is 0 Å². The van der Waals surface area contributed by atoms with Gasteiger partial charge in [-0.25, -0.2) is 4.98 Å². The van der Waals surface area contributed by atoms with Crippen LogP contribution in [-0.2, 0) is 13.2 Å². The molecule has 0 aliphatic heterocycles. The molecule has 2 rings (SSSR count). The first-order chi connectivity index (χ1) is 5.40. The molecule has 11 heavy (non-hydrogen) atoms. The number of aromatic nitrogens is 2. The Morgan fingerprint density at radius 1 is 1.64 bits per heavy atom. The average Bonchev–Trinajstić information content (AvgIpc) is 2.68. The summed E-state index contributed by atoms with van der Waals surface area (Å²) in [4.78, 5) is 4.03. The standard InChI is InChI=1S/C8H12N2O/c11-6-8-9-3-4-10(8)5-7-1-2-7/h3-4,7,11H,1-2,5-6H2. The lowest BCUT2D eigenvalue weighted by Crippen LogP contribution is -2.03. The molecule has 0 spiro atoms. The third-order valence-electron chi connectivity index (χ3n) is 2.09. The van der Waals surface area contributed by atoms with Crippen molar-refractivity contribution in [3.63, 3.8) is 0 Å². The van der Waals surface area contributed by atoms with Crippen LogP contribution < -0.4 is 0 Å². The number of nitrogens with zero attached hydrogens (tertiary/aromatic N) is 2. The van der Waals surface area contributed by atoms with Gasteiger partial charge in [0.25, 0.3) is 0 Å². The highest BCUT2D eigenvalue weighted by atomic mass is 16.3. The molecule has 3 nitrogen and oxygen atoms in total. The van der Waals surface area contributed by atoms with Crippen molar-refractivity contribution >= 4 is 0 Å². The van der Waals surface area contributed by atoms with Gasteiger partial charge in [-0.2, -0.15) is 0 Å². The molecule has 1 N–H and O–H groups in total. The molecule has 1 fully saturated rings. The molecule has 60 valence electrons. The molecule has 1 aliphatic carbocycles. The number of aliphatic hydroxyl groups is 1. The monoisotopic (exact) mass is 152 g/mol. The van der Waals surface area contributed by atoms with E-state index in [4.69, 9.17) is 5.11 Å². The quantitative estimate of drug-likeness (QED) is 0.695. The summed E-state index contributed by atoms with van der Waals surface area (Å²) in [6.07, 6.45) is 6.35. The van der Waals surface area contributed by atoms with Crippen LogP contribution in [0, 0.1) is 5.92 Å². The Labute approximate surface area is 65.7 Å². The van der Waals surface area contributed by atoms with Crippen molar-refractivity contribution in [2.75, 3.05) is 0 Å². The highest BCUT2D eigenvalue weighted by Crippen LogP contribution is 2.30. The maximum atomic E-state index is 8.86. The second kappa shape index (κ2) is 2.66. The van der Waals surface area contributed by atoms with E-state index in [1.807, 2.05) is 10.8 Å². The molecule has 0 bridgehead atoms. The fourth-order valence-corrected chi connectivity index (χ4v) is 1.24. The highest BCUT2D eigenvalue weighted by molar-refractivity contribution is 4.92. The summed E-state index contributed by atoms with van der Waals surface area (Å²) in [6, 6.07) is 0. The minimum atomic E-state index is 0.0553. The van der Waals surface area contributed by atoms with Gasteiger partial charge in [-0.15, -0.1) is 0 Å². The molecule has 1 aliphatic rings. The molecule has 0 atom stereocenters. The first-order valence-electron chi connectivity index (χ1n) is 4.01. The van der Waals surface area contributed by atoms with Crippen LogP contribution >= 0.6 is 0 Å². The summed E-state index contributed by atoms with van der Waals surface area (Å²) in [5.41, 5.74) is 0. The van der Waals surface area contributed by atoms with E-state index in [0.29, 0.717) is 0 Å². The maximum Gasteiger partial charge on any atom is 0.134 e. The Bertz CT molecular complexity index is 240. The molecule has 0 unspecified atom stereocenters. The Kier molecular flexibility index (Phi) is 1.66. The van der Waals surface area contributed by atoms with Gasteiger partial charge in [0, 0.05) is 18.9 Å². The van der Waals surface area contributed by atoms with Crippen molar-refractivity contribution in [2.24, 2.45) is 5.92 Å². The van der Waals surface area contributed by atoms with Crippen molar-refractivity contribution in [1.29, 1.82) is 0 Å². The molecule has 0 aromatic carbocycles. The van der Waals surface area contributed by atoms with Crippen LogP contribution in [0.25, 0.3) is 0 Å². The lowest BCUT2D eigenvalue weighted by atomic mass is 10.4. The Morgan fingerprint density at radius 3 is 3.09 bits per heavy atom. The van der Waals surface area contributed by atoms with Crippen LogP contribution in [0.4, 0.5) is 0 Å². The first kappa shape index (κ1) is 6.85. The Balaban J connectivity index is 2.07. The molecule has 1 saturated carbocycles. The van der Waals surface area contributed by atoms with Gasteiger partial charge >= 0.3 is 0 Å². The zero-order valence-corrected chi connectivity index (χ0v) is 6.40.